The molecule has 32 heavy (non-hydrogen) atoms. The van der Waals surface area contributed by atoms with Crippen molar-refractivity contribution in [2.75, 3.05) is 25.0 Å². The van der Waals surface area contributed by atoms with Crippen molar-refractivity contribution in [1.29, 1.82) is 5.41 Å². The van der Waals surface area contributed by atoms with Gasteiger partial charge in [-0.25, -0.2) is 0 Å². The molecule has 0 aliphatic carbocycles. The van der Waals surface area contributed by atoms with Crippen molar-refractivity contribution in [3.05, 3.63) is 59.6 Å². The summed E-state index contributed by atoms with van der Waals surface area (Å²) in [6.45, 7) is -0.759. The fourth-order valence-electron chi connectivity index (χ4n) is 3.73. The second-order valence-corrected chi connectivity index (χ2v) is 7.65. The molecule has 2 aromatic heterocycles. The Labute approximate surface area is 181 Å². The molecule has 7 nitrogen and oxygen atoms in total. The molecule has 3 N–H and O–H groups in total. The summed E-state index contributed by atoms with van der Waals surface area (Å²) in [5.74, 6) is -0.481. The number of hydrogen-bond donors (Lipinski definition) is 3. The number of carbonyl (C=O) groups is 1. The molecule has 0 bridgehead atoms. The van der Waals surface area contributed by atoms with Crippen LogP contribution in [-0.4, -0.2) is 58.5 Å². The fraction of sp³-hybridized carbons (Fsp3) is 0.318. The van der Waals surface area contributed by atoms with Crippen LogP contribution in [0.25, 0.3) is 11.0 Å². The van der Waals surface area contributed by atoms with Gasteiger partial charge in [0.25, 0.3) is 5.91 Å². The number of piperidine rings is 1. The number of aliphatic hydroxyl groups is 1. The average Bonchev–Trinajstić information content (AvgIpc) is 3.20. The van der Waals surface area contributed by atoms with E-state index in [0.29, 0.717) is 35.9 Å². The van der Waals surface area contributed by atoms with Crippen LogP contribution in [0.4, 0.5) is 18.9 Å². The topological polar surface area (TPSA) is 102 Å². The molecule has 4 rings (SSSR count). The van der Waals surface area contributed by atoms with E-state index < -0.39 is 24.7 Å². The Hall–Kier alpha value is -3.40. The Morgan fingerprint density at radius 2 is 2.09 bits per heavy atom. The summed E-state index contributed by atoms with van der Waals surface area (Å²) in [6.07, 6.45) is -1.33. The maximum atomic E-state index is 12.9. The summed E-state index contributed by atoms with van der Waals surface area (Å²) in [4.78, 5) is 18.4. The number of nitrogens with zero attached hydrogens (tertiary/aromatic N) is 2. The van der Waals surface area contributed by atoms with E-state index in [1.54, 1.807) is 24.3 Å². The number of rotatable bonds is 5. The molecule has 3 aromatic rings. The summed E-state index contributed by atoms with van der Waals surface area (Å²) in [6, 6.07) is 8.24. The number of furan rings is 1. The molecule has 0 saturated carbocycles. The molecule has 1 amide bonds. The molecule has 3 heterocycles. The van der Waals surface area contributed by atoms with Gasteiger partial charge in [-0.15, -0.1) is 0 Å². The number of pyridine rings is 1. The Morgan fingerprint density at radius 3 is 2.84 bits per heavy atom. The number of likely N-dealkylation sites (tertiary alicyclic amines) is 1. The van der Waals surface area contributed by atoms with Gasteiger partial charge >= 0.3 is 6.18 Å². The Kier molecular flexibility index (Phi) is 5.88. The van der Waals surface area contributed by atoms with Crippen LogP contribution in [0.1, 0.15) is 34.5 Å². The number of aromatic nitrogens is 1. The highest BCUT2D eigenvalue weighted by Crippen LogP contribution is 2.28. The van der Waals surface area contributed by atoms with E-state index in [1.165, 1.54) is 23.4 Å². The predicted octanol–water partition coefficient (Wildman–Crippen LogP) is 3.82. The number of fused-ring (bicyclic) bond motifs is 1. The lowest BCUT2D eigenvalue weighted by Crippen LogP contribution is -2.42. The second-order valence-electron chi connectivity index (χ2n) is 7.65. The minimum atomic E-state index is -4.49. The molecule has 1 atom stereocenters. The van der Waals surface area contributed by atoms with E-state index >= 15 is 0 Å². The third kappa shape index (κ3) is 4.59. The van der Waals surface area contributed by atoms with Crippen LogP contribution in [0.15, 0.2) is 47.2 Å². The van der Waals surface area contributed by atoms with Crippen molar-refractivity contribution in [3.63, 3.8) is 0 Å². The Bertz CT molecular complexity index is 1160. The number of benzene rings is 1. The molecule has 168 valence electrons. The largest absolute Gasteiger partial charge is 0.464 e. The van der Waals surface area contributed by atoms with Crippen molar-refractivity contribution in [2.45, 2.75) is 25.1 Å². The highest BCUT2D eigenvalue weighted by Gasteiger charge is 2.29. The number of β-amino-alcohol motifs (C(OH)–C–C–N with tert-alkyl or cyclic N) is 1. The van der Waals surface area contributed by atoms with E-state index in [2.05, 4.69) is 10.3 Å². The molecular weight excluding hydrogens is 425 g/mol. The van der Waals surface area contributed by atoms with E-state index in [0.717, 1.165) is 0 Å². The van der Waals surface area contributed by atoms with Crippen molar-refractivity contribution in [2.24, 2.45) is 0 Å². The normalized spacial score (nSPS) is 16.9. The minimum absolute atomic E-state index is 0.0338. The molecule has 1 aliphatic heterocycles. The van der Waals surface area contributed by atoms with E-state index in [1.807, 2.05) is 0 Å². The van der Waals surface area contributed by atoms with Gasteiger partial charge in [-0.2, -0.15) is 13.2 Å². The van der Waals surface area contributed by atoms with Crippen molar-refractivity contribution in [1.82, 2.24) is 9.88 Å². The first kappa shape index (κ1) is 21.8. The van der Waals surface area contributed by atoms with Gasteiger partial charge in [-0.05, 0) is 25.0 Å². The first-order valence-electron chi connectivity index (χ1n) is 10.1. The minimum Gasteiger partial charge on any atom is -0.464 e. The lowest BCUT2D eigenvalue weighted by Gasteiger charge is -2.30. The number of alkyl halides is 3. The monoisotopic (exact) mass is 446 g/mol. The fourth-order valence-corrected chi connectivity index (χ4v) is 3.73. The smallest absolute Gasteiger partial charge is 0.405 e. The Morgan fingerprint density at radius 1 is 1.31 bits per heavy atom. The van der Waals surface area contributed by atoms with Crippen LogP contribution in [0, 0.1) is 5.41 Å². The zero-order valence-electron chi connectivity index (χ0n) is 16.9. The van der Waals surface area contributed by atoms with Gasteiger partial charge < -0.3 is 19.7 Å². The maximum absolute atomic E-state index is 12.9. The van der Waals surface area contributed by atoms with Crippen molar-refractivity contribution in [3.8, 4) is 0 Å². The molecule has 0 spiro atoms. The number of nitrogens with one attached hydrogen (secondary N) is 2. The highest BCUT2D eigenvalue weighted by molar-refractivity contribution is 6.19. The van der Waals surface area contributed by atoms with Crippen LogP contribution in [0.5, 0.6) is 0 Å². The molecule has 1 aromatic carbocycles. The zero-order chi connectivity index (χ0) is 22.9. The first-order valence-corrected chi connectivity index (χ1v) is 10.1. The number of carbonyl (C=O) groups excluding carboxylic acids is 1. The molecule has 1 saturated heterocycles. The van der Waals surface area contributed by atoms with Gasteiger partial charge in [-0.3, -0.25) is 15.2 Å². The van der Waals surface area contributed by atoms with Crippen LogP contribution in [-0.2, 0) is 0 Å². The van der Waals surface area contributed by atoms with E-state index in [9.17, 15) is 23.1 Å². The Balaban J connectivity index is 1.69. The first-order chi connectivity index (χ1) is 15.2. The highest BCUT2D eigenvalue weighted by atomic mass is 19.4. The van der Waals surface area contributed by atoms with E-state index in [-0.39, 0.29) is 29.2 Å². The molecule has 0 radical (unpaired) electrons. The maximum Gasteiger partial charge on any atom is 0.405 e. The van der Waals surface area contributed by atoms with E-state index in [4.69, 9.17) is 9.83 Å². The third-order valence-electron chi connectivity index (χ3n) is 5.31. The van der Waals surface area contributed by atoms with Crippen LogP contribution in [0.2, 0.25) is 0 Å². The van der Waals surface area contributed by atoms with Crippen LogP contribution >= 0.6 is 0 Å². The molecule has 1 fully saturated rings. The average molecular weight is 446 g/mol. The summed E-state index contributed by atoms with van der Waals surface area (Å²) >= 11 is 0. The SMILES string of the molecule is N=C(c1cnc(C(=O)N2CCCC(O)C2)cc1NCC(F)(F)F)c1coc2ccccc12. The van der Waals surface area contributed by atoms with Crippen molar-refractivity contribution < 1.29 is 27.5 Å². The third-order valence-corrected chi connectivity index (χ3v) is 5.31. The number of amides is 1. The van der Waals surface area contributed by atoms with Gasteiger partial charge in [0.2, 0.25) is 0 Å². The van der Waals surface area contributed by atoms with Gasteiger partial charge in [-0.1, -0.05) is 18.2 Å². The molecule has 10 heteroatoms. The molecule has 1 aliphatic rings. The number of para-hydroxylation sites is 1. The number of halogens is 3. The number of anilines is 1. The molecule has 1 unspecified atom stereocenters. The summed E-state index contributed by atoms with van der Waals surface area (Å²) in [5.41, 5.74) is 0.873. The van der Waals surface area contributed by atoms with Gasteiger partial charge in [0, 0.05) is 41.5 Å². The predicted molar refractivity (Wildman–Crippen MR) is 112 cm³/mol. The van der Waals surface area contributed by atoms with Gasteiger partial charge in [0.15, 0.2) is 0 Å². The standard InChI is InChI=1S/C22H21F3N4O3/c23-22(24,25)12-28-17-8-18(21(31)29-7-3-4-13(30)10-29)27-9-15(17)20(26)16-11-32-19-6-2-1-5-14(16)19/h1-2,5-6,8-9,11,13,26,30H,3-4,7,10,12H2,(H,27,28). The van der Waals surface area contributed by atoms with Gasteiger partial charge in [0.05, 0.1) is 11.8 Å². The second kappa shape index (κ2) is 8.62. The van der Waals surface area contributed by atoms with Crippen molar-refractivity contribution >= 4 is 28.3 Å². The number of hydrogen-bond acceptors (Lipinski definition) is 6. The van der Waals surface area contributed by atoms with Gasteiger partial charge in [0.1, 0.15) is 24.1 Å². The number of aliphatic hydroxyl groups excluding tert-OH is 1. The lowest BCUT2D eigenvalue weighted by molar-refractivity contribution is -0.115. The summed E-state index contributed by atoms with van der Waals surface area (Å²) in [7, 11) is 0. The lowest BCUT2D eigenvalue weighted by atomic mass is 10.0. The van der Waals surface area contributed by atoms with Crippen LogP contribution < -0.4 is 5.32 Å². The quantitative estimate of drug-likeness (QED) is 0.517. The molecular formula is C22H21F3N4O3. The summed E-state index contributed by atoms with van der Waals surface area (Å²) in [5, 5.41) is 21.4. The van der Waals surface area contributed by atoms with Crippen LogP contribution in [0.3, 0.4) is 0 Å². The zero-order valence-corrected chi connectivity index (χ0v) is 16.9. The summed E-state index contributed by atoms with van der Waals surface area (Å²) < 4.78 is 44.1.